The first-order valence-corrected chi connectivity index (χ1v) is 11.0. The van der Waals surface area contributed by atoms with Gasteiger partial charge in [-0.15, -0.1) is 0 Å². The van der Waals surface area contributed by atoms with Crippen LogP contribution in [-0.2, 0) is 38.7 Å². The lowest BCUT2D eigenvalue weighted by Crippen LogP contribution is -2.35. The van der Waals surface area contributed by atoms with Gasteiger partial charge in [-0.25, -0.2) is 0 Å². The number of amides is 1. The van der Waals surface area contributed by atoms with Crippen molar-refractivity contribution in [3.63, 3.8) is 0 Å². The summed E-state index contributed by atoms with van der Waals surface area (Å²) in [5.41, 5.74) is 3.27. The van der Waals surface area contributed by atoms with Crippen LogP contribution in [0, 0.1) is 0 Å². The Morgan fingerprint density at radius 2 is 1.94 bits per heavy atom. The molecule has 0 fully saturated rings. The quantitative estimate of drug-likeness (QED) is 0.565. The Bertz CT molecular complexity index is 1110. The van der Waals surface area contributed by atoms with E-state index in [0.717, 1.165) is 35.7 Å². The smallest absolute Gasteiger partial charge is 0.347 e. The Labute approximate surface area is 190 Å². The number of hydrogen-bond donors (Lipinski definition) is 2. The van der Waals surface area contributed by atoms with Crippen LogP contribution in [-0.4, -0.2) is 26.7 Å². The number of aromatic nitrogens is 3. The molecule has 1 unspecified atom stereocenters. The van der Waals surface area contributed by atoms with Crippen molar-refractivity contribution in [1.82, 2.24) is 25.4 Å². The lowest BCUT2D eigenvalue weighted by atomic mass is 9.91. The average molecular weight is 458 g/mol. The monoisotopic (exact) mass is 457 g/mol. The Morgan fingerprint density at radius 1 is 1.15 bits per heavy atom. The number of halogens is 3. The molecule has 1 atom stereocenters. The summed E-state index contributed by atoms with van der Waals surface area (Å²) >= 11 is 0. The Kier molecular flexibility index (Phi) is 6.78. The maximum Gasteiger partial charge on any atom is 0.416 e. The summed E-state index contributed by atoms with van der Waals surface area (Å²) in [6.07, 6.45) is 1.19. The van der Waals surface area contributed by atoms with Crippen LogP contribution in [0.2, 0.25) is 0 Å². The van der Waals surface area contributed by atoms with Crippen LogP contribution in [0.3, 0.4) is 0 Å². The zero-order valence-corrected chi connectivity index (χ0v) is 18.3. The lowest BCUT2D eigenvalue weighted by molar-refractivity contribution is -0.137. The van der Waals surface area contributed by atoms with Crippen LogP contribution in [0.15, 0.2) is 48.8 Å². The molecule has 0 saturated carbocycles. The number of nitrogens with one attached hydrogen (secondary N) is 2. The molecule has 0 radical (unpaired) electrons. The number of aryl methyl sites for hydroxylation is 1. The van der Waals surface area contributed by atoms with Crippen molar-refractivity contribution >= 4 is 5.91 Å². The topological polar surface area (TPSA) is 71.8 Å². The Hall–Kier alpha value is -3.20. The fraction of sp³-hybridized carbons (Fsp3) is 0.375. The standard InChI is InChI=1S/C24H26F3N5O/c1-2-32-21-7-6-19(29-15-17-4-3-5-18(12-17)24(25,26)27)13-20(21)22(31-32)23(33)30-14-16-8-10-28-11-9-16/h3-5,8-12,19,29H,2,6-7,13-15H2,1H3,(H,30,33). The molecule has 2 aromatic heterocycles. The second kappa shape index (κ2) is 9.74. The number of benzene rings is 1. The number of carbonyl (C=O) groups excluding carboxylic acids is 1. The molecule has 33 heavy (non-hydrogen) atoms. The lowest BCUT2D eigenvalue weighted by Gasteiger charge is -2.24. The maximum absolute atomic E-state index is 13.0. The van der Waals surface area contributed by atoms with E-state index >= 15 is 0 Å². The Balaban J connectivity index is 1.44. The second-order valence-electron chi connectivity index (χ2n) is 8.15. The van der Waals surface area contributed by atoms with Crippen molar-refractivity contribution in [2.75, 3.05) is 0 Å². The first kappa shape index (κ1) is 23.0. The summed E-state index contributed by atoms with van der Waals surface area (Å²) in [5, 5.41) is 10.8. The number of alkyl halides is 3. The number of pyridine rings is 1. The van der Waals surface area contributed by atoms with E-state index in [-0.39, 0.29) is 11.9 Å². The van der Waals surface area contributed by atoms with Crippen molar-refractivity contribution in [1.29, 1.82) is 0 Å². The maximum atomic E-state index is 13.0. The van der Waals surface area contributed by atoms with E-state index in [4.69, 9.17) is 0 Å². The van der Waals surface area contributed by atoms with Crippen LogP contribution in [0.25, 0.3) is 0 Å². The summed E-state index contributed by atoms with van der Waals surface area (Å²) in [6, 6.07) is 9.09. The fourth-order valence-corrected chi connectivity index (χ4v) is 4.19. The van der Waals surface area contributed by atoms with Crippen LogP contribution in [0.5, 0.6) is 0 Å². The van der Waals surface area contributed by atoms with Crippen molar-refractivity contribution < 1.29 is 18.0 Å². The molecular formula is C24H26F3N5O. The summed E-state index contributed by atoms with van der Waals surface area (Å²) in [6.45, 7) is 3.37. The van der Waals surface area contributed by atoms with Crippen molar-refractivity contribution in [3.05, 3.63) is 82.4 Å². The van der Waals surface area contributed by atoms with Gasteiger partial charge in [0.25, 0.3) is 5.91 Å². The molecule has 0 saturated heterocycles. The van der Waals surface area contributed by atoms with Gasteiger partial charge < -0.3 is 10.6 Å². The van der Waals surface area contributed by atoms with E-state index < -0.39 is 11.7 Å². The largest absolute Gasteiger partial charge is 0.416 e. The number of fused-ring (bicyclic) bond motifs is 1. The van der Waals surface area contributed by atoms with Crippen LogP contribution < -0.4 is 10.6 Å². The molecule has 3 aromatic rings. The minimum Gasteiger partial charge on any atom is -0.347 e. The second-order valence-corrected chi connectivity index (χ2v) is 8.15. The highest BCUT2D eigenvalue weighted by Gasteiger charge is 2.31. The van der Waals surface area contributed by atoms with E-state index in [1.165, 1.54) is 12.1 Å². The van der Waals surface area contributed by atoms with Crippen molar-refractivity contribution in [2.45, 2.75) is 58.0 Å². The van der Waals surface area contributed by atoms with E-state index in [9.17, 15) is 18.0 Å². The van der Waals surface area contributed by atoms with Gasteiger partial charge in [0.05, 0.1) is 5.56 Å². The van der Waals surface area contributed by atoms with Gasteiger partial charge in [0.1, 0.15) is 0 Å². The summed E-state index contributed by atoms with van der Waals surface area (Å²) in [7, 11) is 0. The highest BCUT2D eigenvalue weighted by Crippen LogP contribution is 2.30. The molecule has 1 aliphatic rings. The predicted octanol–water partition coefficient (Wildman–Crippen LogP) is 3.89. The van der Waals surface area contributed by atoms with Gasteiger partial charge in [0.2, 0.25) is 0 Å². The third-order valence-electron chi connectivity index (χ3n) is 5.91. The minimum absolute atomic E-state index is 0.0493. The van der Waals surface area contributed by atoms with Gasteiger partial charge in [-0.3, -0.25) is 14.5 Å². The van der Waals surface area contributed by atoms with Gasteiger partial charge >= 0.3 is 6.18 Å². The molecule has 4 rings (SSSR count). The van der Waals surface area contributed by atoms with Gasteiger partial charge in [0.15, 0.2) is 5.69 Å². The van der Waals surface area contributed by atoms with Crippen LogP contribution in [0.1, 0.15) is 51.8 Å². The SMILES string of the molecule is CCn1nc(C(=O)NCc2ccncc2)c2c1CCC(NCc1cccc(C(F)(F)F)c1)C2. The first-order chi connectivity index (χ1) is 15.8. The molecule has 1 amide bonds. The Morgan fingerprint density at radius 3 is 2.67 bits per heavy atom. The molecule has 9 heteroatoms. The first-order valence-electron chi connectivity index (χ1n) is 11.0. The third-order valence-corrected chi connectivity index (χ3v) is 5.91. The van der Waals surface area contributed by atoms with E-state index in [0.29, 0.717) is 37.3 Å². The molecule has 174 valence electrons. The number of rotatable bonds is 7. The molecule has 0 aliphatic heterocycles. The van der Waals surface area contributed by atoms with E-state index in [1.807, 2.05) is 23.7 Å². The highest BCUT2D eigenvalue weighted by molar-refractivity contribution is 5.94. The van der Waals surface area contributed by atoms with E-state index in [1.54, 1.807) is 18.5 Å². The van der Waals surface area contributed by atoms with Crippen LogP contribution >= 0.6 is 0 Å². The van der Waals surface area contributed by atoms with Crippen molar-refractivity contribution in [2.24, 2.45) is 0 Å². The van der Waals surface area contributed by atoms with E-state index in [2.05, 4.69) is 20.7 Å². The van der Waals surface area contributed by atoms with Gasteiger partial charge in [0, 0.05) is 49.3 Å². The minimum atomic E-state index is -4.36. The molecule has 6 nitrogen and oxygen atoms in total. The highest BCUT2D eigenvalue weighted by atomic mass is 19.4. The molecule has 0 bridgehead atoms. The van der Waals surface area contributed by atoms with Gasteiger partial charge in [-0.2, -0.15) is 18.3 Å². The molecular weight excluding hydrogens is 431 g/mol. The fourth-order valence-electron chi connectivity index (χ4n) is 4.19. The van der Waals surface area contributed by atoms with Gasteiger partial charge in [-0.05, 0) is 55.5 Å². The molecule has 1 aromatic carbocycles. The zero-order valence-electron chi connectivity index (χ0n) is 18.3. The third kappa shape index (κ3) is 5.42. The zero-order chi connectivity index (χ0) is 23.4. The summed E-state index contributed by atoms with van der Waals surface area (Å²) < 4.78 is 40.8. The average Bonchev–Trinajstić information content (AvgIpc) is 3.19. The van der Waals surface area contributed by atoms with Crippen LogP contribution in [0.4, 0.5) is 13.2 Å². The number of nitrogens with zero attached hydrogens (tertiary/aromatic N) is 3. The number of carbonyl (C=O) groups is 1. The van der Waals surface area contributed by atoms with Crippen molar-refractivity contribution in [3.8, 4) is 0 Å². The normalized spacial score (nSPS) is 15.8. The molecule has 0 spiro atoms. The molecule has 2 heterocycles. The van der Waals surface area contributed by atoms with Gasteiger partial charge in [-0.1, -0.05) is 18.2 Å². The predicted molar refractivity (Wildman–Crippen MR) is 117 cm³/mol. The summed E-state index contributed by atoms with van der Waals surface area (Å²) in [5.74, 6) is -0.228. The molecule has 1 aliphatic carbocycles. The summed E-state index contributed by atoms with van der Waals surface area (Å²) in [4.78, 5) is 16.9. The molecule has 2 N–H and O–H groups in total. The number of hydrogen-bond acceptors (Lipinski definition) is 4.